The zero-order valence-electron chi connectivity index (χ0n) is 13.3. The molecule has 1 aliphatic rings. The van der Waals surface area contributed by atoms with Gasteiger partial charge in [-0.15, -0.1) is 0 Å². The van der Waals surface area contributed by atoms with Gasteiger partial charge in [0.2, 0.25) is 12.5 Å². The van der Waals surface area contributed by atoms with E-state index in [-0.39, 0.29) is 17.4 Å². The van der Waals surface area contributed by atoms with Crippen molar-refractivity contribution in [2.75, 3.05) is 6.54 Å². The zero-order valence-corrected chi connectivity index (χ0v) is 13.3. The predicted octanol–water partition coefficient (Wildman–Crippen LogP) is 3.65. The lowest BCUT2D eigenvalue weighted by Crippen LogP contribution is -2.23. The second kappa shape index (κ2) is 5.81. The van der Waals surface area contributed by atoms with Crippen molar-refractivity contribution in [2.24, 2.45) is 5.92 Å². The van der Waals surface area contributed by atoms with Gasteiger partial charge in [-0.25, -0.2) is 4.39 Å². The van der Waals surface area contributed by atoms with Crippen molar-refractivity contribution in [1.82, 2.24) is 4.57 Å². The van der Waals surface area contributed by atoms with Crippen LogP contribution in [-0.2, 0) is 6.42 Å². The smallest absolute Gasteiger partial charge is 0.235 e. The fourth-order valence-electron chi connectivity index (χ4n) is 3.74. The average molecular weight is 338 g/mol. The first-order valence-corrected chi connectivity index (χ1v) is 8.05. The molecule has 2 atom stereocenters. The third-order valence-electron chi connectivity index (χ3n) is 4.84. The summed E-state index contributed by atoms with van der Waals surface area (Å²) in [5, 5.41) is 11.9. The molecule has 0 unspecified atom stereocenters. The number of nitro groups is 1. The van der Waals surface area contributed by atoms with E-state index in [0.29, 0.717) is 17.6 Å². The number of fused-ring (bicyclic) bond motifs is 3. The van der Waals surface area contributed by atoms with E-state index in [1.807, 2.05) is 30.3 Å². The Morgan fingerprint density at radius 1 is 1.08 bits per heavy atom. The molecule has 6 heteroatoms. The summed E-state index contributed by atoms with van der Waals surface area (Å²) in [6, 6.07) is 15.4. The fraction of sp³-hybridized carbons (Fsp3) is 0.211. The quantitative estimate of drug-likeness (QED) is 0.539. The highest BCUT2D eigenvalue weighted by Crippen LogP contribution is 2.40. The number of halogens is 1. The molecule has 0 saturated heterocycles. The number of hydrogen-bond acceptors (Lipinski definition) is 3. The van der Waals surface area contributed by atoms with Gasteiger partial charge in [0.1, 0.15) is 5.82 Å². The standard InChI is InChI=1S/C19H15FN2O3/c20-14-7-6-13-9-18-16(11-21(24)25)15(8-12-4-2-1-3-5-12)19(23)22(18)17(13)10-14/h1-7,9-10,15-16H,8,11H2/t15-,16-/m1/s1. The number of carbonyl (C=O) groups excluding carboxylic acids is 1. The minimum Gasteiger partial charge on any atom is -0.283 e. The molecule has 0 amide bonds. The van der Waals surface area contributed by atoms with Gasteiger partial charge in [0.15, 0.2) is 0 Å². The van der Waals surface area contributed by atoms with Gasteiger partial charge in [-0.1, -0.05) is 30.3 Å². The van der Waals surface area contributed by atoms with Crippen molar-refractivity contribution in [1.29, 1.82) is 0 Å². The van der Waals surface area contributed by atoms with Crippen molar-refractivity contribution in [3.63, 3.8) is 0 Å². The lowest BCUT2D eigenvalue weighted by atomic mass is 9.86. The topological polar surface area (TPSA) is 65.1 Å². The maximum Gasteiger partial charge on any atom is 0.235 e. The summed E-state index contributed by atoms with van der Waals surface area (Å²) in [5.41, 5.74) is 2.03. The summed E-state index contributed by atoms with van der Waals surface area (Å²) in [4.78, 5) is 23.8. The molecule has 4 rings (SSSR count). The summed E-state index contributed by atoms with van der Waals surface area (Å²) in [6.45, 7) is -0.317. The highest BCUT2D eigenvalue weighted by molar-refractivity contribution is 5.98. The van der Waals surface area contributed by atoms with Gasteiger partial charge in [-0.2, -0.15) is 0 Å². The first-order chi connectivity index (χ1) is 12.0. The Balaban J connectivity index is 1.81. The maximum atomic E-state index is 13.6. The van der Waals surface area contributed by atoms with Crippen molar-refractivity contribution < 1.29 is 14.1 Å². The molecule has 0 spiro atoms. The maximum absolute atomic E-state index is 13.6. The van der Waals surface area contributed by atoms with Crippen LogP contribution in [0.1, 0.15) is 22.0 Å². The number of rotatable bonds is 4. The number of aromatic nitrogens is 1. The van der Waals surface area contributed by atoms with Gasteiger partial charge in [0, 0.05) is 16.0 Å². The largest absolute Gasteiger partial charge is 0.283 e. The van der Waals surface area contributed by atoms with Crippen LogP contribution >= 0.6 is 0 Å². The second-order valence-corrected chi connectivity index (χ2v) is 6.36. The Labute approximate surface area is 142 Å². The zero-order chi connectivity index (χ0) is 17.6. The molecule has 0 N–H and O–H groups in total. The van der Waals surface area contributed by atoms with Crippen molar-refractivity contribution >= 4 is 16.8 Å². The Morgan fingerprint density at radius 3 is 2.56 bits per heavy atom. The normalized spacial score (nSPS) is 19.3. The van der Waals surface area contributed by atoms with Crippen LogP contribution in [0.4, 0.5) is 4.39 Å². The Kier molecular flexibility index (Phi) is 3.60. The van der Waals surface area contributed by atoms with E-state index in [0.717, 1.165) is 10.9 Å². The highest BCUT2D eigenvalue weighted by Gasteiger charge is 2.43. The van der Waals surface area contributed by atoms with Gasteiger partial charge in [-0.3, -0.25) is 19.5 Å². The van der Waals surface area contributed by atoms with E-state index in [2.05, 4.69) is 0 Å². The van der Waals surface area contributed by atoms with Crippen LogP contribution in [-0.4, -0.2) is 21.9 Å². The van der Waals surface area contributed by atoms with E-state index in [1.165, 1.54) is 16.7 Å². The molecule has 0 saturated carbocycles. The molecule has 0 radical (unpaired) electrons. The van der Waals surface area contributed by atoms with E-state index in [9.17, 15) is 19.3 Å². The molecule has 2 aromatic carbocycles. The molecular weight excluding hydrogens is 323 g/mol. The number of hydrogen-bond donors (Lipinski definition) is 0. The van der Waals surface area contributed by atoms with Crippen LogP contribution in [0.25, 0.3) is 10.9 Å². The fourth-order valence-corrected chi connectivity index (χ4v) is 3.74. The Hall–Kier alpha value is -3.02. The van der Waals surface area contributed by atoms with Gasteiger partial charge in [0.05, 0.1) is 17.4 Å². The third kappa shape index (κ3) is 2.59. The lowest BCUT2D eigenvalue weighted by molar-refractivity contribution is -0.484. The molecule has 25 heavy (non-hydrogen) atoms. The first kappa shape index (κ1) is 15.5. The SMILES string of the molecule is O=C1[C@H](Cc2ccccc2)[C@@H](C[N+](=O)[O-])c2cc3ccc(F)cc3n21. The van der Waals surface area contributed by atoms with Gasteiger partial charge in [-0.05, 0) is 36.2 Å². The number of carbonyl (C=O) groups is 1. The molecule has 3 aromatic rings. The molecule has 126 valence electrons. The lowest BCUT2D eigenvalue weighted by Gasteiger charge is -2.14. The van der Waals surface area contributed by atoms with Crippen LogP contribution in [0.5, 0.6) is 0 Å². The van der Waals surface area contributed by atoms with E-state index < -0.39 is 17.7 Å². The second-order valence-electron chi connectivity index (χ2n) is 6.36. The van der Waals surface area contributed by atoms with Crippen molar-refractivity contribution in [2.45, 2.75) is 12.3 Å². The summed E-state index contributed by atoms with van der Waals surface area (Å²) in [7, 11) is 0. The monoisotopic (exact) mass is 338 g/mol. The highest BCUT2D eigenvalue weighted by atomic mass is 19.1. The summed E-state index contributed by atoms with van der Waals surface area (Å²) in [5.74, 6) is -1.67. The van der Waals surface area contributed by atoms with Crippen LogP contribution in [0.2, 0.25) is 0 Å². The Bertz CT molecular complexity index is 981. The molecule has 0 fully saturated rings. The molecule has 1 aromatic heterocycles. The van der Waals surface area contributed by atoms with Gasteiger partial charge < -0.3 is 0 Å². The van der Waals surface area contributed by atoms with Crippen LogP contribution in [0.3, 0.4) is 0 Å². The van der Waals surface area contributed by atoms with Gasteiger partial charge >= 0.3 is 0 Å². The molecule has 5 nitrogen and oxygen atoms in total. The molecule has 2 heterocycles. The minimum absolute atomic E-state index is 0.202. The summed E-state index contributed by atoms with van der Waals surface area (Å²) < 4.78 is 15.1. The van der Waals surface area contributed by atoms with E-state index in [1.54, 1.807) is 12.1 Å². The van der Waals surface area contributed by atoms with Crippen molar-refractivity contribution in [3.05, 3.63) is 81.8 Å². The number of benzene rings is 2. The van der Waals surface area contributed by atoms with Crippen LogP contribution < -0.4 is 0 Å². The summed E-state index contributed by atoms with van der Waals surface area (Å²) >= 11 is 0. The van der Waals surface area contributed by atoms with E-state index in [4.69, 9.17) is 0 Å². The molecule has 0 bridgehead atoms. The average Bonchev–Trinajstić information content (AvgIpc) is 3.06. The first-order valence-electron chi connectivity index (χ1n) is 8.05. The van der Waals surface area contributed by atoms with Gasteiger partial charge in [0.25, 0.3) is 0 Å². The van der Waals surface area contributed by atoms with Crippen LogP contribution in [0, 0.1) is 21.8 Å². The number of nitrogens with zero attached hydrogens (tertiary/aromatic N) is 2. The molecule has 0 aliphatic carbocycles. The van der Waals surface area contributed by atoms with E-state index >= 15 is 0 Å². The minimum atomic E-state index is -0.518. The Morgan fingerprint density at radius 2 is 1.84 bits per heavy atom. The molecular formula is C19H15FN2O3. The summed E-state index contributed by atoms with van der Waals surface area (Å²) in [6.07, 6.45) is 0.427. The third-order valence-corrected chi connectivity index (χ3v) is 4.84. The molecule has 1 aliphatic heterocycles. The predicted molar refractivity (Wildman–Crippen MR) is 90.8 cm³/mol. The van der Waals surface area contributed by atoms with Crippen LogP contribution in [0.15, 0.2) is 54.6 Å². The van der Waals surface area contributed by atoms with Crippen molar-refractivity contribution in [3.8, 4) is 0 Å².